The van der Waals surface area contributed by atoms with E-state index in [9.17, 15) is 19.2 Å². The van der Waals surface area contributed by atoms with E-state index in [2.05, 4.69) is 4.74 Å². The highest BCUT2D eigenvalue weighted by Gasteiger charge is 2.54. The van der Waals surface area contributed by atoms with Crippen molar-refractivity contribution in [1.29, 1.82) is 0 Å². The van der Waals surface area contributed by atoms with Crippen molar-refractivity contribution < 1.29 is 28.7 Å². The van der Waals surface area contributed by atoms with Crippen LogP contribution in [-0.4, -0.2) is 23.9 Å². The third-order valence-corrected chi connectivity index (χ3v) is 4.58. The summed E-state index contributed by atoms with van der Waals surface area (Å²) in [6.45, 7) is 0. The molecule has 3 aliphatic rings. The van der Waals surface area contributed by atoms with Gasteiger partial charge < -0.3 is 9.47 Å². The molecule has 22 heavy (non-hydrogen) atoms. The van der Waals surface area contributed by atoms with Crippen molar-refractivity contribution >= 4 is 23.9 Å². The van der Waals surface area contributed by atoms with Crippen LogP contribution in [0.25, 0.3) is 0 Å². The highest BCUT2D eigenvalue weighted by molar-refractivity contribution is 6.08. The molecule has 3 unspecified atom stereocenters. The zero-order valence-electron chi connectivity index (χ0n) is 11.4. The predicted molar refractivity (Wildman–Crippen MR) is 69.9 cm³/mol. The van der Waals surface area contributed by atoms with Crippen molar-refractivity contribution in [3.05, 3.63) is 41.3 Å². The smallest absolute Gasteiger partial charge is 0.326 e. The number of cyclic esters (lactones) is 4. The minimum absolute atomic E-state index is 0.00286. The SMILES string of the molecule is O=C1CC(C2CC3[C](C(=O)OC3=O)c3ccccc32)C(=O)O1. The van der Waals surface area contributed by atoms with Crippen molar-refractivity contribution in [3.63, 3.8) is 0 Å². The standard InChI is InChI=1S/C16H11O6/c17-12-6-10(14(18)21-12)9-5-11-13(16(20)22-15(11)19)8-4-2-1-3-7(8)9/h1-4,9-11H,5-6H2. The number of esters is 4. The zero-order chi connectivity index (χ0) is 15.4. The maximum absolute atomic E-state index is 11.9. The zero-order valence-corrected chi connectivity index (χ0v) is 11.4. The molecular formula is C16H11O6. The van der Waals surface area contributed by atoms with Crippen molar-refractivity contribution in [3.8, 4) is 0 Å². The largest absolute Gasteiger partial charge is 0.393 e. The van der Waals surface area contributed by atoms with Crippen LogP contribution in [0.2, 0.25) is 0 Å². The van der Waals surface area contributed by atoms with Crippen LogP contribution in [0.15, 0.2) is 24.3 Å². The van der Waals surface area contributed by atoms with E-state index in [-0.39, 0.29) is 18.8 Å². The van der Waals surface area contributed by atoms with Gasteiger partial charge in [0.05, 0.1) is 18.3 Å². The van der Waals surface area contributed by atoms with Gasteiger partial charge in [0.25, 0.3) is 0 Å². The second-order valence-corrected chi connectivity index (χ2v) is 5.71. The van der Waals surface area contributed by atoms with Gasteiger partial charge in [-0.25, -0.2) is 0 Å². The van der Waals surface area contributed by atoms with Gasteiger partial charge in [-0.1, -0.05) is 24.3 Å². The van der Waals surface area contributed by atoms with Gasteiger partial charge in [-0.15, -0.1) is 0 Å². The van der Waals surface area contributed by atoms with E-state index < -0.39 is 35.7 Å². The summed E-state index contributed by atoms with van der Waals surface area (Å²) >= 11 is 0. The molecule has 2 heterocycles. The summed E-state index contributed by atoms with van der Waals surface area (Å²) in [4.78, 5) is 47.1. The minimum Gasteiger partial charge on any atom is -0.393 e. The van der Waals surface area contributed by atoms with Crippen molar-refractivity contribution in [2.45, 2.75) is 18.8 Å². The van der Waals surface area contributed by atoms with Gasteiger partial charge in [0.1, 0.15) is 5.92 Å². The molecule has 3 atom stereocenters. The van der Waals surface area contributed by atoms with Gasteiger partial charge in [0, 0.05) is 0 Å². The topological polar surface area (TPSA) is 86.7 Å². The maximum atomic E-state index is 11.9. The van der Waals surface area contributed by atoms with Gasteiger partial charge in [-0.05, 0) is 23.5 Å². The Kier molecular flexibility index (Phi) is 2.69. The second-order valence-electron chi connectivity index (χ2n) is 5.71. The molecule has 2 aliphatic heterocycles. The van der Waals surface area contributed by atoms with Crippen LogP contribution in [0.3, 0.4) is 0 Å². The Balaban J connectivity index is 1.81. The molecular weight excluding hydrogens is 288 g/mol. The lowest BCUT2D eigenvalue weighted by Crippen LogP contribution is -2.31. The molecule has 2 saturated heterocycles. The minimum atomic E-state index is -0.670. The average Bonchev–Trinajstić information content (AvgIpc) is 2.97. The van der Waals surface area contributed by atoms with Crippen LogP contribution in [-0.2, 0) is 28.7 Å². The van der Waals surface area contributed by atoms with Gasteiger partial charge >= 0.3 is 23.9 Å². The monoisotopic (exact) mass is 299 g/mol. The van der Waals surface area contributed by atoms with E-state index in [1.165, 1.54) is 0 Å². The molecule has 0 bridgehead atoms. The lowest BCUT2D eigenvalue weighted by atomic mass is 9.67. The Morgan fingerprint density at radius 3 is 2.41 bits per heavy atom. The molecule has 0 aromatic heterocycles. The third kappa shape index (κ3) is 1.73. The number of rotatable bonds is 1. The molecule has 2 fully saturated rings. The molecule has 6 nitrogen and oxygen atoms in total. The summed E-state index contributed by atoms with van der Waals surface area (Å²) in [6, 6.07) is 7.12. The molecule has 1 aromatic carbocycles. The van der Waals surface area contributed by atoms with Crippen molar-refractivity contribution in [2.24, 2.45) is 11.8 Å². The van der Waals surface area contributed by atoms with Crippen LogP contribution >= 0.6 is 0 Å². The summed E-state index contributed by atoms with van der Waals surface area (Å²) < 4.78 is 9.36. The normalized spacial score (nSPS) is 30.8. The quantitative estimate of drug-likeness (QED) is 0.565. The molecule has 0 amide bonds. The molecule has 1 aliphatic carbocycles. The summed E-state index contributed by atoms with van der Waals surface area (Å²) in [5.74, 6) is -3.58. The fraction of sp³-hybridized carbons (Fsp3) is 0.312. The van der Waals surface area contributed by atoms with Crippen LogP contribution in [0.5, 0.6) is 0 Å². The molecule has 6 heteroatoms. The van der Waals surface area contributed by atoms with Crippen LogP contribution < -0.4 is 0 Å². The molecule has 1 aromatic rings. The average molecular weight is 299 g/mol. The number of benzene rings is 1. The van der Waals surface area contributed by atoms with Crippen molar-refractivity contribution in [1.82, 2.24) is 0 Å². The van der Waals surface area contributed by atoms with E-state index in [1.807, 2.05) is 6.07 Å². The highest BCUT2D eigenvalue weighted by Crippen LogP contribution is 2.50. The first kappa shape index (κ1) is 13.2. The number of fused-ring (bicyclic) bond motifs is 3. The Bertz CT molecular complexity index is 721. The third-order valence-electron chi connectivity index (χ3n) is 4.58. The summed E-state index contributed by atoms with van der Waals surface area (Å²) in [5, 5.41) is 0. The molecule has 0 N–H and O–H groups in total. The number of carbonyl (C=O) groups excluding carboxylic acids is 4. The van der Waals surface area contributed by atoms with E-state index in [0.29, 0.717) is 11.5 Å². The van der Waals surface area contributed by atoms with Crippen LogP contribution in [0.1, 0.15) is 29.9 Å². The molecule has 111 valence electrons. The molecule has 1 radical (unpaired) electrons. The lowest BCUT2D eigenvalue weighted by Gasteiger charge is -2.32. The Morgan fingerprint density at radius 2 is 1.68 bits per heavy atom. The van der Waals surface area contributed by atoms with Crippen LogP contribution in [0.4, 0.5) is 0 Å². The first-order chi connectivity index (χ1) is 10.6. The number of carbonyl (C=O) groups is 4. The first-order valence-corrected chi connectivity index (χ1v) is 7.03. The van der Waals surface area contributed by atoms with E-state index in [1.54, 1.807) is 18.2 Å². The summed E-state index contributed by atoms with van der Waals surface area (Å²) in [6.07, 6.45) is 0.285. The van der Waals surface area contributed by atoms with E-state index >= 15 is 0 Å². The van der Waals surface area contributed by atoms with Crippen molar-refractivity contribution in [2.75, 3.05) is 0 Å². The van der Waals surface area contributed by atoms with Gasteiger partial charge in [0.2, 0.25) is 0 Å². The van der Waals surface area contributed by atoms with E-state index in [4.69, 9.17) is 4.74 Å². The maximum Gasteiger partial charge on any atom is 0.326 e. The van der Waals surface area contributed by atoms with Crippen LogP contribution in [0, 0.1) is 17.8 Å². The number of hydrogen-bond acceptors (Lipinski definition) is 6. The highest BCUT2D eigenvalue weighted by atomic mass is 16.6. The Labute approximate surface area is 125 Å². The fourth-order valence-electron chi connectivity index (χ4n) is 3.62. The summed E-state index contributed by atoms with van der Waals surface area (Å²) in [7, 11) is 0. The van der Waals surface area contributed by atoms with Gasteiger partial charge in [0.15, 0.2) is 0 Å². The molecule has 0 saturated carbocycles. The summed E-state index contributed by atoms with van der Waals surface area (Å²) in [5.41, 5.74) is 1.42. The second kappa shape index (κ2) is 4.50. The molecule has 0 spiro atoms. The van der Waals surface area contributed by atoms with Gasteiger partial charge in [-0.3, -0.25) is 19.2 Å². The Hall–Kier alpha value is -2.50. The fourth-order valence-corrected chi connectivity index (χ4v) is 3.62. The lowest BCUT2D eigenvalue weighted by molar-refractivity contribution is -0.155. The first-order valence-electron chi connectivity index (χ1n) is 7.03. The number of hydrogen-bond donors (Lipinski definition) is 0. The van der Waals surface area contributed by atoms with Gasteiger partial charge in [-0.2, -0.15) is 0 Å². The Morgan fingerprint density at radius 1 is 0.909 bits per heavy atom. The van der Waals surface area contributed by atoms with E-state index in [0.717, 1.165) is 5.56 Å². The molecule has 4 rings (SSSR count). The number of ether oxygens (including phenoxy) is 2. The predicted octanol–water partition coefficient (Wildman–Crippen LogP) is 0.886.